The molecule has 0 saturated carbocycles. The lowest BCUT2D eigenvalue weighted by molar-refractivity contribution is -0.196. The fourth-order valence-corrected chi connectivity index (χ4v) is 1.71. The molecule has 0 bridgehead atoms. The van der Waals surface area contributed by atoms with E-state index in [4.69, 9.17) is 0 Å². The maximum atomic E-state index is 11.6. The second kappa shape index (κ2) is 6.60. The molecule has 1 aliphatic rings. The highest BCUT2D eigenvalue weighted by molar-refractivity contribution is 6.01. The summed E-state index contributed by atoms with van der Waals surface area (Å²) in [6.45, 7) is -0.420. The van der Waals surface area contributed by atoms with Gasteiger partial charge in [-0.3, -0.25) is 19.4 Å². The summed E-state index contributed by atoms with van der Waals surface area (Å²) in [5.41, 5.74) is 0.702. The summed E-state index contributed by atoms with van der Waals surface area (Å²) in [4.78, 5) is 54.0. The third-order valence-corrected chi connectivity index (χ3v) is 2.72. The lowest BCUT2D eigenvalue weighted by Gasteiger charge is -2.12. The molecule has 3 amide bonds. The van der Waals surface area contributed by atoms with Gasteiger partial charge in [-0.05, 0) is 11.6 Å². The van der Waals surface area contributed by atoms with Crippen LogP contribution in [0.4, 0.5) is 0 Å². The number of nitrogens with one attached hydrogen (secondary N) is 1. The van der Waals surface area contributed by atoms with Crippen molar-refractivity contribution in [1.29, 1.82) is 0 Å². The van der Waals surface area contributed by atoms with Gasteiger partial charge < -0.3 is 10.2 Å². The van der Waals surface area contributed by atoms with E-state index in [0.717, 1.165) is 0 Å². The number of hydroxylamine groups is 2. The smallest absolute Gasteiger partial charge is 0.345 e. The van der Waals surface area contributed by atoms with Crippen LogP contribution in [0, 0.1) is 0 Å². The Kier molecular flexibility index (Phi) is 4.60. The molecule has 1 fully saturated rings. The molecule has 8 heteroatoms. The molecule has 21 heavy (non-hydrogen) atoms. The molecular formula is C13H13N3O5. The average molecular weight is 291 g/mol. The van der Waals surface area contributed by atoms with Crippen LogP contribution >= 0.6 is 0 Å². The van der Waals surface area contributed by atoms with Gasteiger partial charge >= 0.3 is 5.97 Å². The molecule has 1 N–H and O–H groups in total. The van der Waals surface area contributed by atoms with Crippen molar-refractivity contribution in [3.8, 4) is 0 Å². The molecule has 1 aromatic heterocycles. The molecule has 8 nitrogen and oxygen atoms in total. The Bertz CT molecular complexity index is 556. The summed E-state index contributed by atoms with van der Waals surface area (Å²) in [6, 6.07) is 3.42. The molecule has 1 aliphatic heterocycles. The second-order valence-corrected chi connectivity index (χ2v) is 4.36. The normalized spacial score (nSPS) is 14.2. The monoisotopic (exact) mass is 291 g/mol. The minimum absolute atomic E-state index is 0.0273. The van der Waals surface area contributed by atoms with Crippen LogP contribution in [0.25, 0.3) is 0 Å². The zero-order chi connectivity index (χ0) is 15.2. The summed E-state index contributed by atoms with van der Waals surface area (Å²) >= 11 is 0. The van der Waals surface area contributed by atoms with Crippen LogP contribution in [-0.2, 0) is 30.4 Å². The number of imide groups is 1. The largest absolute Gasteiger partial charge is 0.352 e. The van der Waals surface area contributed by atoms with Gasteiger partial charge in [0.2, 0.25) is 5.91 Å². The third kappa shape index (κ3) is 4.10. The number of carbonyl (C=O) groups is 4. The minimum Gasteiger partial charge on any atom is -0.345 e. The first-order valence-electron chi connectivity index (χ1n) is 6.28. The topological polar surface area (TPSA) is 106 Å². The van der Waals surface area contributed by atoms with Gasteiger partial charge in [-0.25, -0.2) is 4.79 Å². The lowest BCUT2D eigenvalue weighted by Crippen LogP contribution is -2.38. The highest BCUT2D eigenvalue weighted by Gasteiger charge is 2.32. The predicted octanol–water partition coefficient (Wildman–Crippen LogP) is -0.653. The van der Waals surface area contributed by atoms with Crippen molar-refractivity contribution in [2.24, 2.45) is 0 Å². The molecule has 1 saturated heterocycles. The number of amides is 3. The van der Waals surface area contributed by atoms with Crippen LogP contribution in [0.1, 0.15) is 18.4 Å². The summed E-state index contributed by atoms with van der Waals surface area (Å²) in [7, 11) is 0. The van der Waals surface area contributed by atoms with Gasteiger partial charge in [0.15, 0.2) is 0 Å². The number of rotatable bonds is 5. The maximum absolute atomic E-state index is 11.6. The van der Waals surface area contributed by atoms with E-state index >= 15 is 0 Å². The van der Waals surface area contributed by atoms with Gasteiger partial charge in [0, 0.05) is 25.2 Å². The van der Waals surface area contributed by atoms with Crippen LogP contribution in [0.2, 0.25) is 0 Å². The summed E-state index contributed by atoms with van der Waals surface area (Å²) in [6.07, 6.45) is 3.25. The van der Waals surface area contributed by atoms with E-state index in [-0.39, 0.29) is 25.2 Å². The van der Waals surface area contributed by atoms with Gasteiger partial charge in [-0.2, -0.15) is 0 Å². The number of hydrogen-bond donors (Lipinski definition) is 1. The Balaban J connectivity index is 1.75. The van der Waals surface area contributed by atoms with Gasteiger partial charge in [0.1, 0.15) is 6.54 Å². The number of pyridine rings is 1. The summed E-state index contributed by atoms with van der Waals surface area (Å²) in [5, 5.41) is 2.78. The van der Waals surface area contributed by atoms with Crippen molar-refractivity contribution >= 4 is 23.7 Å². The number of hydrogen-bond acceptors (Lipinski definition) is 6. The molecule has 0 aromatic carbocycles. The Morgan fingerprint density at radius 2 is 2.00 bits per heavy atom. The van der Waals surface area contributed by atoms with E-state index in [9.17, 15) is 19.2 Å². The van der Waals surface area contributed by atoms with E-state index in [0.29, 0.717) is 10.6 Å². The molecule has 0 atom stereocenters. The lowest BCUT2D eigenvalue weighted by atomic mass is 10.2. The Labute approximate surface area is 120 Å². The molecule has 0 radical (unpaired) electrons. The van der Waals surface area contributed by atoms with Crippen LogP contribution in [0.15, 0.2) is 24.5 Å². The average Bonchev–Trinajstić information content (AvgIpc) is 2.78. The SMILES string of the molecule is O=C(Cc1cccnc1)NCC(=O)ON1C(=O)CCC1=O. The van der Waals surface area contributed by atoms with Crippen molar-refractivity contribution < 1.29 is 24.0 Å². The van der Waals surface area contributed by atoms with Gasteiger partial charge in [-0.15, -0.1) is 5.06 Å². The Hall–Kier alpha value is -2.77. The van der Waals surface area contributed by atoms with E-state index < -0.39 is 24.3 Å². The minimum atomic E-state index is -0.877. The fourth-order valence-electron chi connectivity index (χ4n) is 1.71. The molecule has 0 aliphatic carbocycles. The van der Waals surface area contributed by atoms with Crippen LogP contribution in [-0.4, -0.2) is 40.3 Å². The summed E-state index contributed by atoms with van der Waals surface area (Å²) < 4.78 is 0. The number of nitrogens with zero attached hydrogens (tertiary/aromatic N) is 2. The maximum Gasteiger partial charge on any atom is 0.352 e. The van der Waals surface area contributed by atoms with E-state index in [2.05, 4.69) is 15.1 Å². The highest BCUT2D eigenvalue weighted by Crippen LogP contribution is 2.11. The molecule has 0 unspecified atom stereocenters. The van der Waals surface area contributed by atoms with Crippen molar-refractivity contribution in [3.63, 3.8) is 0 Å². The molecule has 110 valence electrons. The third-order valence-electron chi connectivity index (χ3n) is 2.72. The van der Waals surface area contributed by atoms with E-state index in [1.807, 2.05) is 0 Å². The van der Waals surface area contributed by atoms with Crippen LogP contribution in [0.3, 0.4) is 0 Å². The van der Waals surface area contributed by atoms with Gasteiger partial charge in [-0.1, -0.05) is 6.07 Å². The Morgan fingerprint density at radius 1 is 1.29 bits per heavy atom. The first-order chi connectivity index (χ1) is 10.1. The molecule has 2 rings (SSSR count). The first kappa shape index (κ1) is 14.6. The van der Waals surface area contributed by atoms with Crippen molar-refractivity contribution in [1.82, 2.24) is 15.4 Å². The fraction of sp³-hybridized carbons (Fsp3) is 0.308. The first-order valence-corrected chi connectivity index (χ1v) is 6.28. The quantitative estimate of drug-likeness (QED) is 0.722. The van der Waals surface area contributed by atoms with Gasteiger partial charge in [0.25, 0.3) is 11.8 Å². The van der Waals surface area contributed by atoms with Crippen molar-refractivity contribution in [2.75, 3.05) is 6.54 Å². The second-order valence-electron chi connectivity index (χ2n) is 4.36. The summed E-state index contributed by atoms with van der Waals surface area (Å²) in [5.74, 6) is -2.39. The van der Waals surface area contributed by atoms with Gasteiger partial charge in [0.05, 0.1) is 6.42 Å². The number of aromatic nitrogens is 1. The molecule has 2 heterocycles. The molecule has 1 aromatic rings. The predicted molar refractivity (Wildman–Crippen MR) is 68.1 cm³/mol. The molecule has 0 spiro atoms. The van der Waals surface area contributed by atoms with Crippen LogP contribution in [0.5, 0.6) is 0 Å². The van der Waals surface area contributed by atoms with E-state index in [1.54, 1.807) is 24.5 Å². The van der Waals surface area contributed by atoms with Crippen molar-refractivity contribution in [3.05, 3.63) is 30.1 Å². The zero-order valence-corrected chi connectivity index (χ0v) is 11.1. The standard InChI is InChI=1S/C13H13N3O5/c17-10(6-9-2-1-5-14-7-9)15-8-13(20)21-16-11(18)3-4-12(16)19/h1-2,5,7H,3-4,6,8H2,(H,15,17). The Morgan fingerprint density at radius 3 is 2.62 bits per heavy atom. The molecular weight excluding hydrogens is 278 g/mol. The highest BCUT2D eigenvalue weighted by atomic mass is 16.7. The number of carbonyl (C=O) groups excluding carboxylic acids is 4. The van der Waals surface area contributed by atoms with E-state index in [1.165, 1.54) is 0 Å². The zero-order valence-electron chi connectivity index (χ0n) is 11.1. The van der Waals surface area contributed by atoms with Crippen LogP contribution < -0.4 is 5.32 Å². The van der Waals surface area contributed by atoms with Crippen molar-refractivity contribution in [2.45, 2.75) is 19.3 Å².